The fraction of sp³-hybridized carbons (Fsp3) is 0.667. The van der Waals surface area contributed by atoms with Gasteiger partial charge in [-0.15, -0.1) is 35.0 Å². The van der Waals surface area contributed by atoms with E-state index in [1.54, 1.807) is 20.0 Å². The van der Waals surface area contributed by atoms with Crippen LogP contribution in [0.15, 0.2) is 12.4 Å². The molecule has 0 unspecified atom stereocenters. The fourth-order valence-electron chi connectivity index (χ4n) is 3.58. The Balaban J connectivity index is 0.00000196. The summed E-state index contributed by atoms with van der Waals surface area (Å²) in [5.41, 5.74) is 5.14. The van der Waals surface area contributed by atoms with Crippen molar-refractivity contribution in [3.05, 3.63) is 29.9 Å². The number of amides is 1. The highest BCUT2D eigenvalue weighted by molar-refractivity contribution is 5.86. The molecule has 3 rings (SSSR count). The van der Waals surface area contributed by atoms with Gasteiger partial charge in [0, 0.05) is 37.9 Å². The van der Waals surface area contributed by atoms with E-state index in [2.05, 4.69) is 31.2 Å². The molecule has 0 aromatic carbocycles. The molecule has 1 aliphatic rings. The van der Waals surface area contributed by atoms with Crippen LogP contribution < -0.4 is 5.73 Å². The molecule has 0 atom stereocenters. The van der Waals surface area contributed by atoms with Crippen molar-refractivity contribution in [2.24, 2.45) is 5.73 Å². The van der Waals surface area contributed by atoms with Gasteiger partial charge in [0.05, 0.1) is 12.1 Å². The number of imidazole rings is 1. The van der Waals surface area contributed by atoms with Gasteiger partial charge in [0.25, 0.3) is 0 Å². The molecule has 2 N–H and O–H groups in total. The number of piperidine rings is 1. The lowest BCUT2D eigenvalue weighted by Crippen LogP contribution is -2.53. The van der Waals surface area contributed by atoms with Gasteiger partial charge in [-0.2, -0.15) is 0 Å². The first-order chi connectivity index (χ1) is 12.3. The summed E-state index contributed by atoms with van der Waals surface area (Å²) in [6.45, 7) is 10.6. The van der Waals surface area contributed by atoms with Gasteiger partial charge in [-0.05, 0) is 40.5 Å². The number of rotatable bonds is 5. The molecule has 0 bridgehead atoms. The molecule has 0 radical (unpaired) electrons. The molecule has 1 saturated heterocycles. The molecule has 0 aliphatic carbocycles. The van der Waals surface area contributed by atoms with Gasteiger partial charge >= 0.3 is 0 Å². The summed E-state index contributed by atoms with van der Waals surface area (Å²) in [7, 11) is 0. The highest BCUT2D eigenvalue weighted by atomic mass is 35.5. The molecule has 2 aromatic heterocycles. The topological polar surface area (TPSA) is 94.9 Å². The normalized spacial score (nSPS) is 15.1. The first-order valence-corrected chi connectivity index (χ1v) is 9.29. The first kappa shape index (κ1) is 24.4. The van der Waals surface area contributed by atoms with E-state index in [-0.39, 0.29) is 30.7 Å². The number of carbonyl (C=O) groups excluding carboxylic acids is 1. The van der Waals surface area contributed by atoms with Gasteiger partial charge in [0.1, 0.15) is 11.6 Å². The van der Waals surface area contributed by atoms with Crippen molar-refractivity contribution < 1.29 is 4.79 Å². The zero-order valence-corrected chi connectivity index (χ0v) is 18.6. The second-order valence-corrected chi connectivity index (χ2v) is 7.61. The number of likely N-dealkylation sites (tertiary alicyclic amines) is 1. The Kier molecular flexibility index (Phi) is 8.46. The van der Waals surface area contributed by atoms with Crippen LogP contribution in [0.25, 0.3) is 0 Å². The Morgan fingerprint density at radius 2 is 1.89 bits per heavy atom. The van der Waals surface area contributed by atoms with Crippen molar-refractivity contribution in [1.82, 2.24) is 29.2 Å². The maximum atomic E-state index is 12.4. The van der Waals surface area contributed by atoms with Crippen molar-refractivity contribution in [3.8, 4) is 0 Å². The minimum atomic E-state index is -0.813. The molecule has 3 heterocycles. The smallest absolute Gasteiger partial charge is 0.242 e. The van der Waals surface area contributed by atoms with Crippen LogP contribution in [0.2, 0.25) is 0 Å². The predicted octanol–water partition coefficient (Wildman–Crippen LogP) is 2.14. The van der Waals surface area contributed by atoms with Gasteiger partial charge in [0.15, 0.2) is 5.82 Å². The van der Waals surface area contributed by atoms with Crippen LogP contribution >= 0.6 is 24.8 Å². The van der Waals surface area contributed by atoms with Gasteiger partial charge in [-0.3, -0.25) is 4.79 Å². The number of hydrogen-bond donors (Lipinski definition) is 1. The Morgan fingerprint density at radius 1 is 1.25 bits per heavy atom. The van der Waals surface area contributed by atoms with E-state index < -0.39 is 5.54 Å². The van der Waals surface area contributed by atoms with E-state index >= 15 is 0 Å². The van der Waals surface area contributed by atoms with Crippen molar-refractivity contribution in [3.63, 3.8) is 0 Å². The number of nitrogens with zero attached hydrogens (tertiary/aromatic N) is 6. The van der Waals surface area contributed by atoms with Crippen LogP contribution in [-0.4, -0.2) is 53.8 Å². The zero-order chi connectivity index (χ0) is 18.9. The van der Waals surface area contributed by atoms with Crippen LogP contribution in [0.4, 0.5) is 0 Å². The van der Waals surface area contributed by atoms with Gasteiger partial charge < -0.3 is 19.8 Å². The monoisotopic (exact) mass is 431 g/mol. The summed E-state index contributed by atoms with van der Waals surface area (Å²) in [5, 5.41) is 8.93. The SMILES string of the molecule is CCn1c(Cn2ccnc2C)nnc1C1CCN(C(=O)C(C)(C)N)CC1.Cl.Cl. The van der Waals surface area contributed by atoms with E-state index in [4.69, 9.17) is 5.73 Å². The summed E-state index contributed by atoms with van der Waals surface area (Å²) < 4.78 is 4.28. The van der Waals surface area contributed by atoms with Crippen LogP contribution in [0.5, 0.6) is 0 Å². The summed E-state index contributed by atoms with van der Waals surface area (Å²) in [4.78, 5) is 18.5. The van der Waals surface area contributed by atoms with E-state index in [0.29, 0.717) is 12.5 Å². The molecule has 28 heavy (non-hydrogen) atoms. The maximum absolute atomic E-state index is 12.4. The fourth-order valence-corrected chi connectivity index (χ4v) is 3.58. The molecule has 10 heteroatoms. The minimum absolute atomic E-state index is 0. The van der Waals surface area contributed by atoms with Crippen molar-refractivity contribution >= 4 is 30.7 Å². The van der Waals surface area contributed by atoms with Crippen LogP contribution in [0.1, 0.15) is 57.0 Å². The lowest BCUT2D eigenvalue weighted by atomic mass is 9.94. The third-order valence-electron chi connectivity index (χ3n) is 5.11. The Labute approximate surface area is 178 Å². The van der Waals surface area contributed by atoms with Crippen LogP contribution in [0.3, 0.4) is 0 Å². The van der Waals surface area contributed by atoms with Crippen LogP contribution in [-0.2, 0) is 17.9 Å². The van der Waals surface area contributed by atoms with E-state index in [1.807, 2.05) is 18.0 Å². The molecular weight excluding hydrogens is 401 g/mol. The predicted molar refractivity (Wildman–Crippen MR) is 113 cm³/mol. The number of aromatic nitrogens is 5. The highest BCUT2D eigenvalue weighted by Crippen LogP contribution is 2.28. The molecule has 1 amide bonds. The van der Waals surface area contributed by atoms with E-state index in [9.17, 15) is 4.79 Å². The second kappa shape index (κ2) is 9.71. The first-order valence-electron chi connectivity index (χ1n) is 9.29. The number of halogens is 2. The number of aryl methyl sites for hydroxylation is 1. The molecule has 1 aliphatic heterocycles. The lowest BCUT2D eigenvalue weighted by molar-refractivity contribution is -0.136. The summed E-state index contributed by atoms with van der Waals surface area (Å²) in [6.07, 6.45) is 5.55. The Morgan fingerprint density at radius 3 is 2.39 bits per heavy atom. The number of hydrogen-bond acceptors (Lipinski definition) is 5. The molecule has 2 aromatic rings. The largest absolute Gasteiger partial charge is 0.341 e. The second-order valence-electron chi connectivity index (χ2n) is 7.61. The summed E-state index contributed by atoms with van der Waals surface area (Å²) in [5.74, 6) is 3.28. The number of nitrogens with two attached hydrogens (primary N) is 1. The third kappa shape index (κ3) is 5.04. The van der Waals surface area contributed by atoms with Crippen molar-refractivity contribution in [2.45, 2.75) is 65.1 Å². The quantitative estimate of drug-likeness (QED) is 0.781. The molecule has 0 saturated carbocycles. The van der Waals surface area contributed by atoms with Crippen molar-refractivity contribution in [2.75, 3.05) is 13.1 Å². The number of carbonyl (C=O) groups is 1. The average molecular weight is 432 g/mol. The van der Waals surface area contributed by atoms with Crippen LogP contribution in [0, 0.1) is 6.92 Å². The van der Waals surface area contributed by atoms with E-state index in [1.165, 1.54) is 0 Å². The van der Waals surface area contributed by atoms with Gasteiger partial charge in [-0.25, -0.2) is 4.98 Å². The third-order valence-corrected chi connectivity index (χ3v) is 5.11. The maximum Gasteiger partial charge on any atom is 0.242 e. The Hall–Kier alpha value is -1.64. The molecular formula is C18H31Cl2N7O. The molecule has 8 nitrogen and oxygen atoms in total. The summed E-state index contributed by atoms with van der Waals surface area (Å²) in [6, 6.07) is 0. The van der Waals surface area contributed by atoms with E-state index in [0.717, 1.165) is 49.9 Å². The van der Waals surface area contributed by atoms with Crippen molar-refractivity contribution in [1.29, 1.82) is 0 Å². The van der Waals surface area contributed by atoms with Gasteiger partial charge in [0.2, 0.25) is 5.91 Å². The molecule has 0 spiro atoms. The summed E-state index contributed by atoms with van der Waals surface area (Å²) >= 11 is 0. The zero-order valence-electron chi connectivity index (χ0n) is 17.0. The van der Waals surface area contributed by atoms with Gasteiger partial charge in [-0.1, -0.05) is 0 Å². The molecule has 158 valence electrons. The Bertz CT molecular complexity index is 773. The molecule has 1 fully saturated rings. The minimum Gasteiger partial charge on any atom is -0.341 e. The standard InChI is InChI=1S/C18H29N7O.2ClH/c1-5-25-15(12-24-11-8-20-13(24)2)21-22-16(25)14-6-9-23(10-7-14)17(26)18(3,4)19;;/h8,11,14H,5-7,9-10,12,19H2,1-4H3;2*1H. The lowest BCUT2D eigenvalue weighted by Gasteiger charge is -2.35. The average Bonchev–Trinajstić information content (AvgIpc) is 3.20. The highest BCUT2D eigenvalue weighted by Gasteiger charge is 2.32.